The van der Waals surface area contributed by atoms with E-state index in [0.717, 1.165) is 43.2 Å². The maximum absolute atomic E-state index is 12.5. The predicted octanol–water partition coefficient (Wildman–Crippen LogP) is 3.85. The zero-order chi connectivity index (χ0) is 19.2. The van der Waals surface area contributed by atoms with Gasteiger partial charge in [-0.15, -0.1) is 0 Å². The van der Waals surface area contributed by atoms with Gasteiger partial charge in [-0.2, -0.15) is 0 Å². The molecule has 0 unspecified atom stereocenters. The maximum Gasteiger partial charge on any atom is 0.241 e. The van der Waals surface area contributed by atoms with Crippen molar-refractivity contribution in [3.8, 4) is 0 Å². The van der Waals surface area contributed by atoms with Crippen molar-refractivity contribution in [3.63, 3.8) is 0 Å². The molecule has 0 aromatic heterocycles. The Labute approximate surface area is 165 Å². The minimum absolute atomic E-state index is 0.0214. The molecule has 1 saturated heterocycles. The van der Waals surface area contributed by atoms with Crippen LogP contribution in [0.25, 0.3) is 0 Å². The molecule has 2 N–H and O–H groups in total. The fourth-order valence-electron chi connectivity index (χ4n) is 3.15. The summed E-state index contributed by atoms with van der Waals surface area (Å²) in [5.41, 5.74) is 3.00. The van der Waals surface area contributed by atoms with Gasteiger partial charge in [0, 0.05) is 35.5 Å². The first-order chi connectivity index (χ1) is 13.0. The molecule has 1 heterocycles. The number of nitrogens with one attached hydrogen (secondary N) is 2. The van der Waals surface area contributed by atoms with Gasteiger partial charge in [0.05, 0.1) is 19.3 Å². The number of ether oxygens (including phenoxy) is 1. The lowest BCUT2D eigenvalue weighted by molar-refractivity contribution is -0.117. The van der Waals surface area contributed by atoms with Crippen molar-refractivity contribution >= 4 is 28.9 Å². The summed E-state index contributed by atoms with van der Waals surface area (Å²) in [7, 11) is 0. The van der Waals surface area contributed by atoms with E-state index in [2.05, 4.69) is 15.5 Å². The Hall–Kier alpha value is -2.08. The highest BCUT2D eigenvalue weighted by molar-refractivity contribution is 6.30. The van der Waals surface area contributed by atoms with Gasteiger partial charge in [-0.1, -0.05) is 23.7 Å². The number of benzene rings is 2. The predicted molar refractivity (Wildman–Crippen MR) is 111 cm³/mol. The van der Waals surface area contributed by atoms with Gasteiger partial charge in [-0.3, -0.25) is 10.1 Å². The third-order valence-corrected chi connectivity index (χ3v) is 4.99. The van der Waals surface area contributed by atoms with Gasteiger partial charge in [0.25, 0.3) is 0 Å². The van der Waals surface area contributed by atoms with Crippen LogP contribution in [-0.4, -0.2) is 38.3 Å². The number of anilines is 2. The van der Waals surface area contributed by atoms with Crippen LogP contribution in [0.5, 0.6) is 0 Å². The van der Waals surface area contributed by atoms with Gasteiger partial charge in [-0.05, 0) is 55.8 Å². The number of hydrogen-bond donors (Lipinski definition) is 2. The van der Waals surface area contributed by atoms with Crippen LogP contribution in [0, 0.1) is 0 Å². The third kappa shape index (κ3) is 5.45. The Morgan fingerprint density at radius 1 is 1.11 bits per heavy atom. The quantitative estimate of drug-likeness (QED) is 0.790. The van der Waals surface area contributed by atoms with Crippen LogP contribution in [0.15, 0.2) is 48.5 Å². The molecule has 0 bridgehead atoms. The molecule has 27 heavy (non-hydrogen) atoms. The zero-order valence-electron chi connectivity index (χ0n) is 15.7. The first-order valence-electron chi connectivity index (χ1n) is 9.28. The average molecular weight is 388 g/mol. The SMILES string of the molecule is C[C@H](N[C@H](C)c1cccc(Cl)c1)C(=O)Nc1ccc(N2CCOCC2)cc1. The number of rotatable bonds is 6. The van der Waals surface area contributed by atoms with E-state index in [-0.39, 0.29) is 18.0 Å². The first kappa shape index (κ1) is 19.7. The summed E-state index contributed by atoms with van der Waals surface area (Å²) in [6.07, 6.45) is 0. The molecule has 2 aromatic carbocycles. The second-order valence-electron chi connectivity index (χ2n) is 6.80. The topological polar surface area (TPSA) is 53.6 Å². The summed E-state index contributed by atoms with van der Waals surface area (Å²) in [6, 6.07) is 15.3. The standard InChI is InChI=1S/C21H26ClN3O2/c1-15(17-4-3-5-18(22)14-17)23-16(2)21(26)24-19-6-8-20(9-7-19)25-10-12-27-13-11-25/h3-9,14-16,23H,10-13H2,1-2H3,(H,24,26)/t15-,16+/m1/s1. The molecule has 1 aliphatic heterocycles. The van der Waals surface area contributed by atoms with Gasteiger partial charge < -0.3 is 15.0 Å². The molecule has 1 amide bonds. The van der Waals surface area contributed by atoms with Crippen molar-refractivity contribution in [1.82, 2.24) is 5.32 Å². The van der Waals surface area contributed by atoms with Crippen LogP contribution in [-0.2, 0) is 9.53 Å². The molecule has 0 spiro atoms. The van der Waals surface area contributed by atoms with Crippen molar-refractivity contribution in [2.24, 2.45) is 0 Å². The smallest absolute Gasteiger partial charge is 0.241 e. The minimum Gasteiger partial charge on any atom is -0.378 e. The number of amides is 1. The van der Waals surface area contributed by atoms with Crippen molar-refractivity contribution in [2.45, 2.75) is 25.9 Å². The number of halogens is 1. The van der Waals surface area contributed by atoms with Crippen molar-refractivity contribution in [1.29, 1.82) is 0 Å². The number of carbonyl (C=O) groups excluding carboxylic acids is 1. The van der Waals surface area contributed by atoms with Gasteiger partial charge in [-0.25, -0.2) is 0 Å². The van der Waals surface area contributed by atoms with Crippen molar-refractivity contribution < 1.29 is 9.53 Å². The Morgan fingerprint density at radius 2 is 1.81 bits per heavy atom. The van der Waals surface area contributed by atoms with E-state index in [1.165, 1.54) is 0 Å². The van der Waals surface area contributed by atoms with E-state index in [1.54, 1.807) is 0 Å². The fourth-order valence-corrected chi connectivity index (χ4v) is 3.35. The van der Waals surface area contributed by atoms with E-state index in [4.69, 9.17) is 16.3 Å². The van der Waals surface area contributed by atoms with Crippen LogP contribution in [0.1, 0.15) is 25.5 Å². The highest BCUT2D eigenvalue weighted by Gasteiger charge is 2.17. The van der Waals surface area contributed by atoms with Crippen molar-refractivity contribution in [2.75, 3.05) is 36.5 Å². The molecule has 0 radical (unpaired) electrons. The number of morpholine rings is 1. The minimum atomic E-state index is -0.335. The van der Waals surface area contributed by atoms with Crippen molar-refractivity contribution in [3.05, 3.63) is 59.1 Å². The number of hydrogen-bond acceptors (Lipinski definition) is 4. The summed E-state index contributed by atoms with van der Waals surface area (Å²) in [5, 5.41) is 6.98. The second kappa shape index (κ2) is 9.22. The zero-order valence-corrected chi connectivity index (χ0v) is 16.5. The van der Waals surface area contributed by atoms with Crippen LogP contribution in [0.2, 0.25) is 5.02 Å². The Morgan fingerprint density at radius 3 is 2.48 bits per heavy atom. The van der Waals surface area contributed by atoms with E-state index >= 15 is 0 Å². The van der Waals surface area contributed by atoms with E-state index in [0.29, 0.717) is 5.02 Å². The van der Waals surface area contributed by atoms with Crippen LogP contribution in [0.3, 0.4) is 0 Å². The second-order valence-corrected chi connectivity index (χ2v) is 7.24. The molecule has 6 heteroatoms. The molecule has 5 nitrogen and oxygen atoms in total. The molecule has 144 valence electrons. The fraction of sp³-hybridized carbons (Fsp3) is 0.381. The lowest BCUT2D eigenvalue weighted by Gasteiger charge is -2.29. The molecule has 3 rings (SSSR count). The molecule has 2 atom stereocenters. The lowest BCUT2D eigenvalue weighted by Crippen LogP contribution is -2.39. The third-order valence-electron chi connectivity index (χ3n) is 4.75. The summed E-state index contributed by atoms with van der Waals surface area (Å²) in [4.78, 5) is 14.8. The Kier molecular flexibility index (Phi) is 6.72. The summed E-state index contributed by atoms with van der Waals surface area (Å²) in [5.74, 6) is -0.0667. The molecular formula is C21H26ClN3O2. The van der Waals surface area contributed by atoms with Crippen LogP contribution in [0.4, 0.5) is 11.4 Å². The van der Waals surface area contributed by atoms with Gasteiger partial charge in [0.1, 0.15) is 0 Å². The molecule has 1 fully saturated rings. The summed E-state index contributed by atoms with van der Waals surface area (Å²) < 4.78 is 5.38. The van der Waals surface area contributed by atoms with E-state index in [9.17, 15) is 4.79 Å². The maximum atomic E-state index is 12.5. The highest BCUT2D eigenvalue weighted by Crippen LogP contribution is 2.20. The molecule has 0 saturated carbocycles. The van der Waals surface area contributed by atoms with E-state index in [1.807, 2.05) is 62.4 Å². The highest BCUT2D eigenvalue weighted by atomic mass is 35.5. The molecule has 2 aromatic rings. The molecule has 0 aliphatic carbocycles. The van der Waals surface area contributed by atoms with Crippen LogP contribution >= 0.6 is 11.6 Å². The monoisotopic (exact) mass is 387 g/mol. The Balaban J connectivity index is 1.54. The van der Waals surface area contributed by atoms with E-state index < -0.39 is 0 Å². The number of carbonyl (C=O) groups is 1. The summed E-state index contributed by atoms with van der Waals surface area (Å²) in [6.45, 7) is 7.19. The largest absolute Gasteiger partial charge is 0.378 e. The summed E-state index contributed by atoms with van der Waals surface area (Å²) >= 11 is 6.05. The average Bonchev–Trinajstić information content (AvgIpc) is 2.69. The molecule has 1 aliphatic rings. The lowest BCUT2D eigenvalue weighted by atomic mass is 10.1. The van der Waals surface area contributed by atoms with Gasteiger partial charge in [0.2, 0.25) is 5.91 Å². The Bertz CT molecular complexity index is 760. The van der Waals surface area contributed by atoms with Gasteiger partial charge >= 0.3 is 0 Å². The first-order valence-corrected chi connectivity index (χ1v) is 9.66. The van der Waals surface area contributed by atoms with Crippen LogP contribution < -0.4 is 15.5 Å². The molecular weight excluding hydrogens is 362 g/mol. The normalized spacial score (nSPS) is 16.6. The number of nitrogens with zero attached hydrogens (tertiary/aromatic N) is 1. The van der Waals surface area contributed by atoms with Gasteiger partial charge in [0.15, 0.2) is 0 Å².